The SMILES string of the molecule is CC1(C)c2ccccc2-c2ccc(N(c3ccc4ccc5ccccc5c4c3)c3ccc4c(c3)c3cc(-c5ccccc5)ccc3n4-c3ccccc3)cc21. The first-order valence-electron chi connectivity index (χ1n) is 19.2. The molecule has 0 amide bonds. The van der Waals surface area contributed by atoms with E-state index in [1.54, 1.807) is 0 Å². The van der Waals surface area contributed by atoms with Gasteiger partial charge in [0.1, 0.15) is 0 Å². The lowest BCUT2D eigenvalue weighted by Crippen LogP contribution is -2.16. The normalized spacial score (nSPS) is 13.1. The van der Waals surface area contributed by atoms with Crippen LogP contribution in [0.5, 0.6) is 0 Å². The van der Waals surface area contributed by atoms with Gasteiger partial charge in [-0.1, -0.05) is 141 Å². The molecule has 0 saturated heterocycles. The third-order valence-electron chi connectivity index (χ3n) is 11.9. The smallest absolute Gasteiger partial charge is 0.0542 e. The van der Waals surface area contributed by atoms with Crippen LogP contribution in [0.1, 0.15) is 25.0 Å². The van der Waals surface area contributed by atoms with E-state index in [0.717, 1.165) is 22.7 Å². The summed E-state index contributed by atoms with van der Waals surface area (Å²) in [5.74, 6) is 0. The second-order valence-electron chi connectivity index (χ2n) is 15.4. The summed E-state index contributed by atoms with van der Waals surface area (Å²) in [6, 6.07) is 71.5. The maximum Gasteiger partial charge on any atom is 0.0542 e. The number of hydrogen-bond acceptors (Lipinski definition) is 1. The fourth-order valence-corrected chi connectivity index (χ4v) is 9.22. The van der Waals surface area contributed by atoms with Crippen molar-refractivity contribution in [3.8, 4) is 27.9 Å². The summed E-state index contributed by atoms with van der Waals surface area (Å²) in [5, 5.41) is 7.46. The van der Waals surface area contributed by atoms with Crippen molar-refractivity contribution in [3.05, 3.63) is 205 Å². The van der Waals surface area contributed by atoms with Gasteiger partial charge in [-0.05, 0) is 122 Å². The van der Waals surface area contributed by atoms with Gasteiger partial charge in [0.25, 0.3) is 0 Å². The van der Waals surface area contributed by atoms with Gasteiger partial charge in [-0.3, -0.25) is 0 Å². The van der Waals surface area contributed by atoms with Crippen LogP contribution >= 0.6 is 0 Å². The Kier molecular flexibility index (Phi) is 6.93. The molecular weight excluding hydrogens is 665 g/mol. The fraction of sp³-hybridized carbons (Fsp3) is 0.0566. The number of nitrogens with zero attached hydrogens (tertiary/aromatic N) is 2. The molecule has 9 aromatic carbocycles. The van der Waals surface area contributed by atoms with E-state index in [4.69, 9.17) is 0 Å². The third kappa shape index (κ3) is 4.88. The lowest BCUT2D eigenvalue weighted by molar-refractivity contribution is 0.660. The van der Waals surface area contributed by atoms with Crippen LogP contribution in [0.3, 0.4) is 0 Å². The zero-order valence-electron chi connectivity index (χ0n) is 30.9. The molecule has 2 heteroatoms. The van der Waals surface area contributed by atoms with Crippen molar-refractivity contribution >= 4 is 60.4 Å². The van der Waals surface area contributed by atoms with Crippen LogP contribution in [-0.2, 0) is 5.41 Å². The molecule has 0 N–H and O–H groups in total. The van der Waals surface area contributed by atoms with E-state index >= 15 is 0 Å². The van der Waals surface area contributed by atoms with Gasteiger partial charge in [-0.2, -0.15) is 0 Å². The summed E-state index contributed by atoms with van der Waals surface area (Å²) in [5.41, 5.74) is 14.6. The van der Waals surface area contributed by atoms with E-state index in [9.17, 15) is 0 Å². The number of anilines is 3. The molecular formula is C53H38N2. The Hall–Kier alpha value is -6.90. The Balaban J connectivity index is 1.18. The second kappa shape index (κ2) is 12.1. The first-order chi connectivity index (χ1) is 27.0. The van der Waals surface area contributed by atoms with Crippen molar-refractivity contribution in [3.63, 3.8) is 0 Å². The maximum atomic E-state index is 2.47. The number of benzene rings is 9. The monoisotopic (exact) mass is 702 g/mol. The summed E-state index contributed by atoms with van der Waals surface area (Å²) >= 11 is 0. The Morgan fingerprint density at radius 1 is 0.382 bits per heavy atom. The van der Waals surface area contributed by atoms with Gasteiger partial charge in [-0.15, -0.1) is 0 Å². The van der Waals surface area contributed by atoms with Gasteiger partial charge in [0.15, 0.2) is 0 Å². The molecule has 1 aromatic heterocycles. The number of hydrogen-bond donors (Lipinski definition) is 0. The minimum absolute atomic E-state index is 0.117. The predicted octanol–water partition coefficient (Wildman–Crippen LogP) is 14.5. The summed E-state index contributed by atoms with van der Waals surface area (Å²) < 4.78 is 2.41. The van der Waals surface area contributed by atoms with Gasteiger partial charge in [0.05, 0.1) is 11.0 Å². The van der Waals surface area contributed by atoms with Crippen molar-refractivity contribution in [1.82, 2.24) is 4.57 Å². The molecule has 260 valence electrons. The number of rotatable bonds is 5. The van der Waals surface area contributed by atoms with Gasteiger partial charge in [0.2, 0.25) is 0 Å². The van der Waals surface area contributed by atoms with E-state index in [0.29, 0.717) is 0 Å². The van der Waals surface area contributed by atoms with E-state index in [1.165, 1.54) is 76.7 Å². The molecule has 0 unspecified atom stereocenters. The minimum atomic E-state index is -0.117. The van der Waals surface area contributed by atoms with E-state index in [2.05, 4.69) is 217 Å². The van der Waals surface area contributed by atoms with Crippen LogP contribution in [0, 0.1) is 0 Å². The summed E-state index contributed by atoms with van der Waals surface area (Å²) in [6.07, 6.45) is 0. The minimum Gasteiger partial charge on any atom is -0.310 e. The van der Waals surface area contributed by atoms with Gasteiger partial charge in [-0.25, -0.2) is 0 Å². The van der Waals surface area contributed by atoms with E-state index in [1.807, 2.05) is 0 Å². The molecule has 55 heavy (non-hydrogen) atoms. The summed E-state index contributed by atoms with van der Waals surface area (Å²) in [7, 11) is 0. The molecule has 1 aliphatic carbocycles. The first-order valence-corrected chi connectivity index (χ1v) is 19.2. The topological polar surface area (TPSA) is 8.17 Å². The second-order valence-corrected chi connectivity index (χ2v) is 15.4. The van der Waals surface area contributed by atoms with Crippen LogP contribution in [0.15, 0.2) is 194 Å². The fourth-order valence-electron chi connectivity index (χ4n) is 9.22. The molecule has 11 rings (SSSR count). The van der Waals surface area contributed by atoms with Gasteiger partial charge in [0, 0.05) is 38.9 Å². The highest BCUT2D eigenvalue weighted by molar-refractivity contribution is 6.13. The lowest BCUT2D eigenvalue weighted by Gasteiger charge is -2.28. The Morgan fingerprint density at radius 2 is 0.945 bits per heavy atom. The quantitative estimate of drug-likeness (QED) is 0.162. The lowest BCUT2D eigenvalue weighted by atomic mass is 9.82. The third-order valence-corrected chi connectivity index (χ3v) is 11.9. The average Bonchev–Trinajstić information content (AvgIpc) is 3.69. The highest BCUT2D eigenvalue weighted by Gasteiger charge is 2.35. The van der Waals surface area contributed by atoms with Gasteiger partial charge < -0.3 is 9.47 Å². The van der Waals surface area contributed by atoms with Crippen molar-refractivity contribution in [2.24, 2.45) is 0 Å². The van der Waals surface area contributed by atoms with Crippen LogP contribution in [0.25, 0.3) is 71.3 Å². The Morgan fingerprint density at radius 3 is 1.76 bits per heavy atom. The van der Waals surface area contributed by atoms with Crippen molar-refractivity contribution in [2.75, 3.05) is 4.90 Å². The molecule has 0 atom stereocenters. The average molecular weight is 703 g/mol. The molecule has 0 aliphatic heterocycles. The van der Waals surface area contributed by atoms with Gasteiger partial charge >= 0.3 is 0 Å². The number of aromatic nitrogens is 1. The molecule has 0 bridgehead atoms. The number of para-hydroxylation sites is 1. The van der Waals surface area contributed by atoms with Crippen LogP contribution in [-0.4, -0.2) is 4.57 Å². The largest absolute Gasteiger partial charge is 0.310 e. The Labute approximate surface area is 321 Å². The predicted molar refractivity (Wildman–Crippen MR) is 233 cm³/mol. The first kappa shape index (κ1) is 31.6. The molecule has 1 aliphatic rings. The highest BCUT2D eigenvalue weighted by atomic mass is 15.1. The Bertz CT molecular complexity index is 3120. The molecule has 0 radical (unpaired) electrons. The van der Waals surface area contributed by atoms with Crippen LogP contribution in [0.2, 0.25) is 0 Å². The summed E-state index contributed by atoms with van der Waals surface area (Å²) in [6.45, 7) is 4.73. The zero-order valence-corrected chi connectivity index (χ0v) is 30.9. The maximum absolute atomic E-state index is 2.47. The van der Waals surface area contributed by atoms with Crippen LogP contribution in [0.4, 0.5) is 17.1 Å². The molecule has 0 fully saturated rings. The molecule has 0 saturated carbocycles. The standard InChI is InChI=1S/C53H38N2/c1-53(2)49-20-12-11-19-44(49)45-28-26-42(34-50(45)53)54(40-25-23-37-22-21-36-15-9-10-18-43(36)46(37)32-40)41-27-30-52-48(33-41)47-31-38(35-13-5-3-6-14-35)24-29-51(47)55(52)39-16-7-4-8-17-39/h3-34H,1-2H3. The summed E-state index contributed by atoms with van der Waals surface area (Å²) in [4.78, 5) is 2.47. The van der Waals surface area contributed by atoms with E-state index < -0.39 is 0 Å². The van der Waals surface area contributed by atoms with Crippen molar-refractivity contribution < 1.29 is 0 Å². The molecule has 10 aromatic rings. The zero-order chi connectivity index (χ0) is 36.7. The molecule has 2 nitrogen and oxygen atoms in total. The molecule has 0 spiro atoms. The van der Waals surface area contributed by atoms with Crippen molar-refractivity contribution in [1.29, 1.82) is 0 Å². The molecule has 1 heterocycles. The van der Waals surface area contributed by atoms with Crippen LogP contribution < -0.4 is 4.90 Å². The number of fused-ring (bicyclic) bond motifs is 9. The van der Waals surface area contributed by atoms with Crippen molar-refractivity contribution in [2.45, 2.75) is 19.3 Å². The highest BCUT2D eigenvalue weighted by Crippen LogP contribution is 2.51. The van der Waals surface area contributed by atoms with E-state index in [-0.39, 0.29) is 5.41 Å².